The zero-order valence-electron chi connectivity index (χ0n) is 29.3. The second-order valence-electron chi connectivity index (χ2n) is 12.3. The molecule has 0 saturated heterocycles. The zero-order chi connectivity index (χ0) is 35.5. The molecule has 0 saturated carbocycles. The van der Waals surface area contributed by atoms with Crippen LogP contribution in [0.25, 0.3) is 24.3 Å². The van der Waals surface area contributed by atoms with Crippen molar-refractivity contribution in [1.82, 2.24) is 0 Å². The van der Waals surface area contributed by atoms with Gasteiger partial charge < -0.3 is 19.3 Å². The number of anilines is 6. The molecule has 0 heterocycles. The van der Waals surface area contributed by atoms with Crippen molar-refractivity contribution in [1.29, 1.82) is 0 Å². The van der Waals surface area contributed by atoms with Gasteiger partial charge in [0.1, 0.15) is 11.5 Å². The van der Waals surface area contributed by atoms with E-state index in [0.717, 1.165) is 67.9 Å². The summed E-state index contributed by atoms with van der Waals surface area (Å²) in [6, 6.07) is 63.0. The fourth-order valence-electron chi connectivity index (χ4n) is 6.08. The first-order valence-corrected chi connectivity index (χ1v) is 17.3. The minimum atomic E-state index is 0.837. The Hall–Kier alpha value is -6.78. The van der Waals surface area contributed by atoms with Gasteiger partial charge in [-0.25, -0.2) is 0 Å². The first-order valence-electron chi connectivity index (χ1n) is 17.3. The lowest BCUT2D eigenvalue weighted by atomic mass is 10.1. The lowest BCUT2D eigenvalue weighted by Gasteiger charge is -2.25. The molecule has 0 radical (unpaired) electrons. The fourth-order valence-corrected chi connectivity index (χ4v) is 6.08. The van der Waals surface area contributed by atoms with E-state index in [-0.39, 0.29) is 0 Å². The third kappa shape index (κ3) is 8.15. The topological polar surface area (TPSA) is 24.9 Å². The third-order valence-electron chi connectivity index (χ3n) is 8.87. The molecule has 0 aromatic heterocycles. The zero-order valence-corrected chi connectivity index (χ0v) is 29.3. The maximum atomic E-state index is 5.38. The molecule has 0 atom stereocenters. The van der Waals surface area contributed by atoms with E-state index in [1.807, 2.05) is 36.4 Å². The molecule has 0 aliphatic carbocycles. The van der Waals surface area contributed by atoms with Crippen LogP contribution in [-0.4, -0.2) is 14.2 Å². The molecule has 0 spiro atoms. The second kappa shape index (κ2) is 16.3. The molecule has 7 aromatic carbocycles. The fraction of sp³-hybridized carbons (Fsp3) is 0.0417. The lowest BCUT2D eigenvalue weighted by Crippen LogP contribution is -2.09. The van der Waals surface area contributed by atoms with Gasteiger partial charge in [0, 0.05) is 34.1 Å². The standard InChI is InChI=1S/C48H40N2O2/c1-51-47-33-29-45(30-34-47)49(41-9-5-3-6-10-41)43-25-21-39(22-26-43)19-17-37-13-15-38(16-14-37)18-20-40-23-27-44(28-24-40)50(42-11-7-4-8-12-42)46-31-35-48(52-2)36-32-46/h3-36H,1-2H3/b19-17+,20-18+. The summed E-state index contributed by atoms with van der Waals surface area (Å²) in [5.41, 5.74) is 11.1. The van der Waals surface area contributed by atoms with Crippen LogP contribution in [-0.2, 0) is 0 Å². The maximum absolute atomic E-state index is 5.38. The maximum Gasteiger partial charge on any atom is 0.119 e. The predicted octanol–water partition coefficient (Wildman–Crippen LogP) is 13.0. The highest BCUT2D eigenvalue weighted by atomic mass is 16.5. The number of benzene rings is 7. The van der Waals surface area contributed by atoms with Gasteiger partial charge in [-0.2, -0.15) is 0 Å². The van der Waals surface area contributed by atoms with Gasteiger partial charge in [-0.15, -0.1) is 0 Å². The first-order chi connectivity index (χ1) is 25.7. The van der Waals surface area contributed by atoms with Crippen LogP contribution in [0.15, 0.2) is 182 Å². The van der Waals surface area contributed by atoms with Crippen LogP contribution < -0.4 is 19.3 Å². The Labute approximate surface area is 306 Å². The van der Waals surface area contributed by atoms with E-state index < -0.39 is 0 Å². The number of ether oxygens (including phenoxy) is 2. The van der Waals surface area contributed by atoms with Crippen molar-refractivity contribution in [2.24, 2.45) is 0 Å². The molecule has 0 aliphatic rings. The van der Waals surface area contributed by atoms with Crippen molar-refractivity contribution in [2.45, 2.75) is 0 Å². The molecule has 0 aliphatic heterocycles. The second-order valence-corrected chi connectivity index (χ2v) is 12.3. The van der Waals surface area contributed by atoms with E-state index in [0.29, 0.717) is 0 Å². The number of hydrogen-bond acceptors (Lipinski definition) is 4. The summed E-state index contributed by atoms with van der Waals surface area (Å²) in [6.45, 7) is 0. The van der Waals surface area contributed by atoms with Crippen LogP contribution >= 0.6 is 0 Å². The van der Waals surface area contributed by atoms with E-state index in [1.54, 1.807) is 14.2 Å². The summed E-state index contributed by atoms with van der Waals surface area (Å²) in [7, 11) is 3.38. The highest BCUT2D eigenvalue weighted by Crippen LogP contribution is 2.37. The van der Waals surface area contributed by atoms with Crippen molar-refractivity contribution < 1.29 is 9.47 Å². The quantitative estimate of drug-likeness (QED) is 0.120. The summed E-state index contributed by atoms with van der Waals surface area (Å²) in [4.78, 5) is 4.49. The summed E-state index contributed by atoms with van der Waals surface area (Å²) in [6.07, 6.45) is 8.62. The Morgan fingerprint density at radius 1 is 0.288 bits per heavy atom. The van der Waals surface area contributed by atoms with Crippen LogP contribution in [0.3, 0.4) is 0 Å². The van der Waals surface area contributed by atoms with Gasteiger partial charge in [0.2, 0.25) is 0 Å². The Kier molecular flexibility index (Phi) is 10.6. The van der Waals surface area contributed by atoms with Gasteiger partial charge in [-0.1, -0.05) is 109 Å². The highest BCUT2D eigenvalue weighted by molar-refractivity contribution is 5.80. The Morgan fingerprint density at radius 2 is 0.519 bits per heavy atom. The van der Waals surface area contributed by atoms with E-state index in [4.69, 9.17) is 9.47 Å². The largest absolute Gasteiger partial charge is 0.497 e. The molecule has 7 aromatic rings. The third-order valence-corrected chi connectivity index (χ3v) is 8.87. The number of methoxy groups -OCH3 is 2. The molecule has 0 fully saturated rings. The van der Waals surface area contributed by atoms with Gasteiger partial charge in [0.25, 0.3) is 0 Å². The minimum absolute atomic E-state index is 0.837. The van der Waals surface area contributed by atoms with Gasteiger partial charge in [0.05, 0.1) is 14.2 Å². The molecule has 7 rings (SSSR count). The van der Waals surface area contributed by atoms with Crippen molar-refractivity contribution in [2.75, 3.05) is 24.0 Å². The van der Waals surface area contributed by atoms with Crippen LogP contribution in [0.5, 0.6) is 11.5 Å². The molecule has 0 bridgehead atoms. The van der Waals surface area contributed by atoms with Crippen molar-refractivity contribution in [3.63, 3.8) is 0 Å². The van der Waals surface area contributed by atoms with Crippen LogP contribution in [0, 0.1) is 0 Å². The molecular weight excluding hydrogens is 637 g/mol. The summed E-state index contributed by atoms with van der Waals surface area (Å²) in [5, 5.41) is 0. The monoisotopic (exact) mass is 676 g/mol. The number of para-hydroxylation sites is 2. The summed E-state index contributed by atoms with van der Waals surface area (Å²) in [5.74, 6) is 1.67. The van der Waals surface area contributed by atoms with Crippen molar-refractivity contribution in [3.8, 4) is 11.5 Å². The van der Waals surface area contributed by atoms with E-state index >= 15 is 0 Å². The van der Waals surface area contributed by atoms with Gasteiger partial charge in [-0.3, -0.25) is 0 Å². The molecular formula is C48H40N2O2. The molecule has 0 N–H and O–H groups in total. The average molecular weight is 677 g/mol. The molecule has 254 valence electrons. The smallest absolute Gasteiger partial charge is 0.119 e. The van der Waals surface area contributed by atoms with Crippen LogP contribution in [0.2, 0.25) is 0 Å². The Balaban J connectivity index is 1.01. The number of hydrogen-bond donors (Lipinski definition) is 0. The first kappa shape index (κ1) is 33.7. The molecule has 52 heavy (non-hydrogen) atoms. The molecule has 4 heteroatoms. The molecule has 0 unspecified atom stereocenters. The van der Waals surface area contributed by atoms with Crippen molar-refractivity contribution in [3.05, 3.63) is 204 Å². The molecule has 0 amide bonds. The van der Waals surface area contributed by atoms with Gasteiger partial charge >= 0.3 is 0 Å². The molecule has 4 nitrogen and oxygen atoms in total. The summed E-state index contributed by atoms with van der Waals surface area (Å²) >= 11 is 0. The lowest BCUT2D eigenvalue weighted by molar-refractivity contribution is 0.414. The Morgan fingerprint density at radius 3 is 0.788 bits per heavy atom. The van der Waals surface area contributed by atoms with E-state index in [2.05, 4.69) is 180 Å². The van der Waals surface area contributed by atoms with Gasteiger partial charge in [0.15, 0.2) is 0 Å². The highest BCUT2D eigenvalue weighted by Gasteiger charge is 2.13. The SMILES string of the molecule is COc1ccc(N(c2ccccc2)c2ccc(/C=C/c3ccc(/C=C/c4ccc(N(c5ccccc5)c5ccc(OC)cc5)cc4)cc3)cc2)cc1. The minimum Gasteiger partial charge on any atom is -0.497 e. The van der Waals surface area contributed by atoms with Gasteiger partial charge in [-0.05, 0) is 119 Å². The predicted molar refractivity (Wildman–Crippen MR) is 220 cm³/mol. The van der Waals surface area contributed by atoms with Crippen LogP contribution in [0.4, 0.5) is 34.1 Å². The van der Waals surface area contributed by atoms with Crippen molar-refractivity contribution >= 4 is 58.4 Å². The Bertz CT molecular complexity index is 2050. The summed E-state index contributed by atoms with van der Waals surface area (Å²) < 4.78 is 10.8. The average Bonchev–Trinajstić information content (AvgIpc) is 3.22. The normalized spacial score (nSPS) is 11.1. The van der Waals surface area contributed by atoms with Crippen LogP contribution in [0.1, 0.15) is 22.3 Å². The van der Waals surface area contributed by atoms with E-state index in [1.165, 1.54) is 0 Å². The number of rotatable bonds is 12. The number of nitrogens with zero attached hydrogens (tertiary/aromatic N) is 2. The van der Waals surface area contributed by atoms with E-state index in [9.17, 15) is 0 Å².